The normalized spacial score (nSPS) is 8.57. The molecule has 0 unspecified atom stereocenters. The SMILES string of the molecule is [NH-]c1ccccc1. The highest BCUT2D eigenvalue weighted by molar-refractivity contribution is 5.40. The van der Waals surface area contributed by atoms with Crippen LogP contribution in [-0.2, 0) is 0 Å². The van der Waals surface area contributed by atoms with Gasteiger partial charge in [0.1, 0.15) is 0 Å². The van der Waals surface area contributed by atoms with E-state index in [4.69, 9.17) is 5.73 Å². The van der Waals surface area contributed by atoms with E-state index in [1.54, 1.807) is 12.1 Å². The second kappa shape index (κ2) is 1.65. The third kappa shape index (κ3) is 0.929. The minimum Gasteiger partial charge on any atom is -0.699 e. The van der Waals surface area contributed by atoms with E-state index in [9.17, 15) is 0 Å². The predicted molar refractivity (Wildman–Crippen MR) is 30.4 cm³/mol. The quantitative estimate of drug-likeness (QED) is 0.469. The molecule has 0 fully saturated rings. The molecular formula is C6H6N-. The summed E-state index contributed by atoms with van der Waals surface area (Å²) in [5.74, 6) is 0. The molecule has 0 aliphatic carbocycles. The maximum atomic E-state index is 7.00. The van der Waals surface area contributed by atoms with Gasteiger partial charge in [-0.1, -0.05) is 30.3 Å². The van der Waals surface area contributed by atoms with Crippen LogP contribution in [0.25, 0.3) is 5.73 Å². The molecular weight excluding hydrogens is 86.1 g/mol. The molecule has 36 valence electrons. The van der Waals surface area contributed by atoms with Gasteiger partial charge in [0.15, 0.2) is 0 Å². The van der Waals surface area contributed by atoms with Gasteiger partial charge >= 0.3 is 0 Å². The first-order chi connectivity index (χ1) is 3.39. The van der Waals surface area contributed by atoms with Crippen LogP contribution < -0.4 is 0 Å². The topological polar surface area (TPSA) is 23.8 Å². The summed E-state index contributed by atoms with van der Waals surface area (Å²) in [4.78, 5) is 0. The van der Waals surface area contributed by atoms with Crippen molar-refractivity contribution in [2.45, 2.75) is 0 Å². The molecule has 1 aromatic carbocycles. The Balaban J connectivity index is 3.02. The molecule has 7 heavy (non-hydrogen) atoms. The summed E-state index contributed by atoms with van der Waals surface area (Å²) in [6, 6.07) is 9.10. The summed E-state index contributed by atoms with van der Waals surface area (Å²) in [6.07, 6.45) is 0. The van der Waals surface area contributed by atoms with Crippen LogP contribution in [0.15, 0.2) is 30.3 Å². The van der Waals surface area contributed by atoms with Crippen LogP contribution in [0, 0.1) is 0 Å². The van der Waals surface area contributed by atoms with E-state index in [1.165, 1.54) is 0 Å². The fourth-order valence-corrected chi connectivity index (χ4v) is 0.438. The van der Waals surface area contributed by atoms with Crippen LogP contribution in [0.3, 0.4) is 0 Å². The zero-order chi connectivity index (χ0) is 5.11. The molecule has 0 bridgehead atoms. The second-order valence-corrected chi connectivity index (χ2v) is 1.37. The Labute approximate surface area is 42.8 Å². The minimum absolute atomic E-state index is 0.572. The number of benzene rings is 1. The van der Waals surface area contributed by atoms with Gasteiger partial charge in [0, 0.05) is 0 Å². The average molecular weight is 92.1 g/mol. The van der Waals surface area contributed by atoms with Gasteiger partial charge in [-0.15, -0.1) is 5.69 Å². The van der Waals surface area contributed by atoms with E-state index >= 15 is 0 Å². The fourth-order valence-electron chi connectivity index (χ4n) is 0.438. The molecule has 1 nitrogen and oxygen atoms in total. The highest BCUT2D eigenvalue weighted by Crippen LogP contribution is 2.05. The first kappa shape index (κ1) is 4.19. The number of hydrogen-bond donors (Lipinski definition) is 0. The molecule has 0 aliphatic heterocycles. The van der Waals surface area contributed by atoms with Gasteiger partial charge in [-0.25, -0.2) is 0 Å². The van der Waals surface area contributed by atoms with Crippen LogP contribution in [0.5, 0.6) is 0 Å². The lowest BCUT2D eigenvalue weighted by molar-refractivity contribution is 1.73. The standard InChI is InChI=1S/C6H6N/c7-6-4-2-1-3-5-6/h1-5,7H/q-1. The fraction of sp³-hybridized carbons (Fsp3) is 0. The van der Waals surface area contributed by atoms with Crippen LogP contribution in [0.1, 0.15) is 0 Å². The second-order valence-electron chi connectivity index (χ2n) is 1.37. The van der Waals surface area contributed by atoms with Crippen molar-refractivity contribution in [3.8, 4) is 0 Å². The molecule has 0 spiro atoms. The van der Waals surface area contributed by atoms with Gasteiger partial charge in [-0.05, 0) is 0 Å². The van der Waals surface area contributed by atoms with Crippen molar-refractivity contribution in [2.24, 2.45) is 0 Å². The van der Waals surface area contributed by atoms with Crippen LogP contribution in [-0.4, -0.2) is 0 Å². The lowest BCUT2D eigenvalue weighted by Crippen LogP contribution is -1.52. The molecule has 0 amide bonds. The molecule has 1 aromatic rings. The third-order valence-electron chi connectivity index (χ3n) is 0.774. The third-order valence-corrected chi connectivity index (χ3v) is 0.774. The number of rotatable bonds is 0. The molecule has 1 N–H and O–H groups in total. The van der Waals surface area contributed by atoms with Crippen molar-refractivity contribution in [1.29, 1.82) is 0 Å². The van der Waals surface area contributed by atoms with E-state index in [2.05, 4.69) is 0 Å². The highest BCUT2D eigenvalue weighted by Gasteiger charge is 1.64. The monoisotopic (exact) mass is 92.1 g/mol. The van der Waals surface area contributed by atoms with Crippen molar-refractivity contribution >= 4 is 5.69 Å². The van der Waals surface area contributed by atoms with E-state index in [1.807, 2.05) is 18.2 Å². The Morgan fingerprint density at radius 3 is 1.86 bits per heavy atom. The van der Waals surface area contributed by atoms with E-state index in [-0.39, 0.29) is 0 Å². The van der Waals surface area contributed by atoms with Crippen molar-refractivity contribution in [3.63, 3.8) is 0 Å². The molecule has 0 aromatic heterocycles. The largest absolute Gasteiger partial charge is 0.699 e. The molecule has 0 heterocycles. The minimum atomic E-state index is 0.572. The lowest BCUT2D eigenvalue weighted by atomic mass is 10.3. The van der Waals surface area contributed by atoms with Crippen molar-refractivity contribution in [1.82, 2.24) is 0 Å². The summed E-state index contributed by atoms with van der Waals surface area (Å²) in [7, 11) is 0. The summed E-state index contributed by atoms with van der Waals surface area (Å²) >= 11 is 0. The van der Waals surface area contributed by atoms with E-state index in [0.717, 1.165) is 0 Å². The van der Waals surface area contributed by atoms with Gasteiger partial charge < -0.3 is 5.73 Å². The van der Waals surface area contributed by atoms with Gasteiger partial charge in [0.05, 0.1) is 0 Å². The molecule has 0 saturated heterocycles. The van der Waals surface area contributed by atoms with Crippen LogP contribution in [0.2, 0.25) is 0 Å². The van der Waals surface area contributed by atoms with Crippen LogP contribution in [0.4, 0.5) is 5.69 Å². The summed E-state index contributed by atoms with van der Waals surface area (Å²) in [6.45, 7) is 0. The van der Waals surface area contributed by atoms with Gasteiger partial charge in [-0.2, -0.15) is 0 Å². The van der Waals surface area contributed by atoms with Gasteiger partial charge in [0.2, 0.25) is 0 Å². The summed E-state index contributed by atoms with van der Waals surface area (Å²) in [5.41, 5.74) is 7.57. The Kier molecular flexibility index (Phi) is 0.984. The first-order valence-corrected chi connectivity index (χ1v) is 2.16. The molecule has 1 heteroatoms. The smallest absolute Gasteiger partial charge is 0.0624 e. The zero-order valence-electron chi connectivity index (χ0n) is 3.89. The van der Waals surface area contributed by atoms with Crippen molar-refractivity contribution < 1.29 is 0 Å². The maximum absolute atomic E-state index is 7.00. The van der Waals surface area contributed by atoms with Gasteiger partial charge in [-0.3, -0.25) is 0 Å². The molecule has 0 radical (unpaired) electrons. The van der Waals surface area contributed by atoms with Crippen molar-refractivity contribution in [2.75, 3.05) is 0 Å². The summed E-state index contributed by atoms with van der Waals surface area (Å²) < 4.78 is 0. The predicted octanol–water partition coefficient (Wildman–Crippen LogP) is 2.37. The Morgan fingerprint density at radius 2 is 1.57 bits per heavy atom. The van der Waals surface area contributed by atoms with Crippen LogP contribution >= 0.6 is 0 Å². The zero-order valence-corrected chi connectivity index (χ0v) is 3.89. The molecule has 0 saturated carbocycles. The number of nitrogens with one attached hydrogen (secondary N) is 1. The van der Waals surface area contributed by atoms with Crippen molar-refractivity contribution in [3.05, 3.63) is 36.1 Å². The Hall–Kier alpha value is -0.980. The molecule has 0 atom stereocenters. The first-order valence-electron chi connectivity index (χ1n) is 2.16. The van der Waals surface area contributed by atoms with E-state index < -0.39 is 0 Å². The Morgan fingerprint density at radius 1 is 1.00 bits per heavy atom. The average Bonchev–Trinajstić information content (AvgIpc) is 1.69. The lowest BCUT2D eigenvalue weighted by Gasteiger charge is -1.95. The van der Waals surface area contributed by atoms with Gasteiger partial charge in [0.25, 0.3) is 0 Å². The Bertz CT molecular complexity index is 134. The molecule has 0 aliphatic rings. The molecule has 1 rings (SSSR count). The highest BCUT2D eigenvalue weighted by atomic mass is 14.5. The summed E-state index contributed by atoms with van der Waals surface area (Å²) in [5, 5.41) is 0. The number of hydrogen-bond acceptors (Lipinski definition) is 0. The maximum Gasteiger partial charge on any atom is -0.0624 e. The van der Waals surface area contributed by atoms with E-state index in [0.29, 0.717) is 5.69 Å².